The Hall–Kier alpha value is -5.23. The predicted molar refractivity (Wildman–Crippen MR) is 242 cm³/mol. The van der Waals surface area contributed by atoms with Gasteiger partial charge in [0.1, 0.15) is 42.3 Å². The minimum Gasteiger partial charge on any atom is -0.480 e. The van der Waals surface area contributed by atoms with Crippen LogP contribution >= 0.6 is 0 Å². The molecule has 1 rings (SSSR count). The third kappa shape index (κ3) is 22.0. The van der Waals surface area contributed by atoms with Crippen LogP contribution in [-0.2, 0) is 44.8 Å². The van der Waals surface area contributed by atoms with Crippen molar-refractivity contribution < 1.29 is 48.6 Å². The van der Waals surface area contributed by atoms with Gasteiger partial charge in [0.15, 0.2) is 0 Å². The number of carbonyl (C=O) groups is 8. The summed E-state index contributed by atoms with van der Waals surface area (Å²) in [6.45, 7) is 10.6. The van der Waals surface area contributed by atoms with Crippen molar-refractivity contribution in [3.8, 4) is 0 Å². The molecule has 1 aromatic rings. The van der Waals surface area contributed by atoms with Gasteiger partial charge in [-0.25, -0.2) is 9.78 Å². The number of nitrogens with zero attached hydrogens (tertiary/aromatic N) is 1. The predicted octanol–water partition coefficient (Wildman–Crippen LogP) is -2.75. The van der Waals surface area contributed by atoms with E-state index in [0.29, 0.717) is 70.3 Å². The fourth-order valence-corrected chi connectivity index (χ4v) is 6.61. The monoisotopic (exact) mass is 924 g/mol. The van der Waals surface area contributed by atoms with Gasteiger partial charge in [-0.1, -0.05) is 34.1 Å². The topological polar surface area (TPSA) is 394 Å². The summed E-state index contributed by atoms with van der Waals surface area (Å²) in [4.78, 5) is 113. The summed E-state index contributed by atoms with van der Waals surface area (Å²) in [5.74, 6) is -7.30. The van der Waals surface area contributed by atoms with Gasteiger partial charge in [-0.15, -0.1) is 0 Å². The van der Waals surface area contributed by atoms with Crippen molar-refractivity contribution in [3.05, 3.63) is 18.2 Å². The van der Waals surface area contributed by atoms with Crippen LogP contribution in [0, 0.1) is 11.8 Å². The van der Waals surface area contributed by atoms with Gasteiger partial charge in [-0.05, 0) is 103 Å². The van der Waals surface area contributed by atoms with Crippen molar-refractivity contribution in [1.29, 1.82) is 0 Å². The summed E-state index contributed by atoms with van der Waals surface area (Å²) in [6.07, 6.45) is 5.39. The molecule has 23 nitrogen and oxygen atoms in total. The van der Waals surface area contributed by atoms with E-state index in [1.807, 2.05) is 13.8 Å². The number of H-pyrrole nitrogens is 1. The normalized spacial score (nSPS) is 15.5. The number of carbonyl (C=O) groups excluding carboxylic acids is 7. The van der Waals surface area contributed by atoms with Gasteiger partial charge in [-0.2, -0.15) is 0 Å². The molecule has 18 N–H and O–H groups in total. The molecule has 1 heterocycles. The van der Waals surface area contributed by atoms with E-state index in [4.69, 9.17) is 22.9 Å². The SMILES string of the molecule is CC(C)C[C@H](NC(=O)[C@@H](NC(=O)[C@@H](NC(=O)[C@H](C)NC(=O)[C@H](Cc1cnc[nH]1)NC(=O)[C@H](CCCCN)NC(=O)[C@@H](N)CCCCN)[C@@H](C)O)C(C)C)C(=O)N[C@@H](CCCCN)C(=O)O. The Kier molecular flexibility index (Phi) is 27.4. The zero-order chi connectivity index (χ0) is 49.2. The third-order valence-corrected chi connectivity index (χ3v) is 10.5. The van der Waals surface area contributed by atoms with E-state index in [2.05, 4.69) is 47.2 Å². The van der Waals surface area contributed by atoms with Crippen LogP contribution in [-0.4, -0.2) is 142 Å². The van der Waals surface area contributed by atoms with Crippen LogP contribution in [0.2, 0.25) is 0 Å². The number of hydrogen-bond acceptors (Lipinski definition) is 14. The number of carboxylic acids is 1. The highest BCUT2D eigenvalue weighted by atomic mass is 16.4. The lowest BCUT2D eigenvalue weighted by atomic mass is 9.99. The number of rotatable bonds is 33. The van der Waals surface area contributed by atoms with Gasteiger partial charge in [0, 0.05) is 18.3 Å². The smallest absolute Gasteiger partial charge is 0.326 e. The van der Waals surface area contributed by atoms with Crippen LogP contribution in [0.1, 0.15) is 111 Å². The Morgan fingerprint density at radius 2 is 1.06 bits per heavy atom. The van der Waals surface area contributed by atoms with Crippen molar-refractivity contribution in [2.75, 3.05) is 19.6 Å². The summed E-state index contributed by atoms with van der Waals surface area (Å²) in [6, 6.07) is -9.88. The number of aromatic amines is 1. The quantitative estimate of drug-likeness (QED) is 0.0318. The molecular formula is C42H77N13O10. The van der Waals surface area contributed by atoms with Crippen molar-refractivity contribution in [1.82, 2.24) is 47.2 Å². The molecular weight excluding hydrogens is 847 g/mol. The molecule has 0 aliphatic heterocycles. The second kappa shape index (κ2) is 30.8. The zero-order valence-corrected chi connectivity index (χ0v) is 38.8. The molecule has 23 heteroatoms. The molecule has 0 bridgehead atoms. The second-order valence-electron chi connectivity index (χ2n) is 17.1. The number of imidazole rings is 1. The fourth-order valence-electron chi connectivity index (χ4n) is 6.61. The number of carboxylic acid groups (broad SMARTS) is 1. The lowest BCUT2D eigenvalue weighted by Gasteiger charge is -2.29. The van der Waals surface area contributed by atoms with E-state index >= 15 is 0 Å². The van der Waals surface area contributed by atoms with E-state index < -0.39 is 108 Å². The summed E-state index contributed by atoms with van der Waals surface area (Å²) < 4.78 is 0. The van der Waals surface area contributed by atoms with Gasteiger partial charge < -0.3 is 75.3 Å². The van der Waals surface area contributed by atoms with Crippen LogP contribution in [0.25, 0.3) is 0 Å². The molecule has 65 heavy (non-hydrogen) atoms. The number of aromatic nitrogens is 2. The zero-order valence-electron chi connectivity index (χ0n) is 38.8. The Labute approximate surface area is 381 Å². The minimum absolute atomic E-state index is 0.0973. The first-order valence-corrected chi connectivity index (χ1v) is 22.5. The molecule has 0 unspecified atom stereocenters. The van der Waals surface area contributed by atoms with Crippen LogP contribution in [0.3, 0.4) is 0 Å². The van der Waals surface area contributed by atoms with Crippen molar-refractivity contribution >= 4 is 47.3 Å². The van der Waals surface area contributed by atoms with E-state index in [9.17, 15) is 48.6 Å². The number of unbranched alkanes of at least 4 members (excludes halogenated alkanes) is 3. The maximum atomic E-state index is 13.8. The van der Waals surface area contributed by atoms with Crippen LogP contribution in [0.4, 0.5) is 0 Å². The molecule has 0 saturated carbocycles. The van der Waals surface area contributed by atoms with Crippen molar-refractivity contribution in [2.45, 2.75) is 167 Å². The van der Waals surface area contributed by atoms with Gasteiger partial charge in [0.05, 0.1) is 18.5 Å². The first kappa shape index (κ1) is 57.8. The lowest BCUT2D eigenvalue weighted by molar-refractivity contribution is -0.142. The summed E-state index contributed by atoms with van der Waals surface area (Å²) in [7, 11) is 0. The standard InChI is InChI=1S/C42H77N13O10/c1-23(2)19-31(39(61)51-30(42(64)65)15-9-12-18-45)53-40(62)33(24(3)4)54-41(63)34(26(6)56)55-35(57)25(5)49-38(60)32(20-27-21-47-22-48-27)52-37(59)29(14-8-11-17-44)50-36(58)28(46)13-7-10-16-43/h21-26,28-34,56H,7-20,43-46H2,1-6H3,(H,47,48)(H,49,60)(H,50,58)(H,51,61)(H,52,59)(H,53,62)(H,54,63)(H,55,57)(H,64,65)/t25-,26+,28-,29-,30-,31-,32-,33-,34-/m0/s1. The Bertz CT molecular complexity index is 1650. The van der Waals surface area contributed by atoms with Gasteiger partial charge in [-0.3, -0.25) is 33.6 Å². The Balaban J connectivity index is 3.19. The first-order valence-electron chi connectivity index (χ1n) is 22.5. The molecule has 0 radical (unpaired) electrons. The third-order valence-electron chi connectivity index (χ3n) is 10.5. The first-order chi connectivity index (χ1) is 30.7. The minimum atomic E-state index is -1.63. The molecule has 1 aromatic heterocycles. The largest absolute Gasteiger partial charge is 0.480 e. The highest BCUT2D eigenvalue weighted by Gasteiger charge is 2.36. The summed E-state index contributed by atoms with van der Waals surface area (Å²) in [5.41, 5.74) is 23.3. The fraction of sp³-hybridized carbons (Fsp3) is 0.738. The molecule has 7 amide bonds. The van der Waals surface area contributed by atoms with E-state index in [0.717, 1.165) is 0 Å². The van der Waals surface area contributed by atoms with E-state index in [1.165, 1.54) is 26.4 Å². The van der Waals surface area contributed by atoms with Crippen molar-refractivity contribution in [2.24, 2.45) is 34.8 Å². The van der Waals surface area contributed by atoms with E-state index in [1.54, 1.807) is 13.8 Å². The molecule has 0 fully saturated rings. The molecule has 370 valence electrons. The van der Waals surface area contributed by atoms with E-state index in [-0.39, 0.29) is 31.6 Å². The van der Waals surface area contributed by atoms with Gasteiger partial charge in [0.25, 0.3) is 0 Å². The maximum Gasteiger partial charge on any atom is 0.326 e. The number of amides is 7. The highest BCUT2D eigenvalue weighted by molar-refractivity contribution is 5.97. The Morgan fingerprint density at radius 1 is 0.585 bits per heavy atom. The average Bonchev–Trinajstić information content (AvgIpc) is 3.75. The molecule has 0 saturated heterocycles. The average molecular weight is 924 g/mol. The van der Waals surface area contributed by atoms with Crippen LogP contribution < -0.4 is 60.2 Å². The maximum absolute atomic E-state index is 13.8. The second-order valence-corrected chi connectivity index (χ2v) is 17.1. The van der Waals surface area contributed by atoms with Gasteiger partial charge >= 0.3 is 5.97 Å². The number of aliphatic carboxylic acids is 1. The number of aliphatic hydroxyl groups excluding tert-OH is 1. The number of aliphatic hydroxyl groups is 1. The molecule has 9 atom stereocenters. The van der Waals surface area contributed by atoms with Crippen LogP contribution in [0.15, 0.2) is 12.5 Å². The number of nitrogens with one attached hydrogen (secondary N) is 8. The molecule has 0 aliphatic carbocycles. The molecule has 0 spiro atoms. The number of nitrogens with two attached hydrogens (primary N) is 4. The lowest BCUT2D eigenvalue weighted by Crippen LogP contribution is -2.62. The number of hydrogen-bond donors (Lipinski definition) is 14. The molecule has 0 aliphatic rings. The van der Waals surface area contributed by atoms with Crippen LogP contribution in [0.5, 0.6) is 0 Å². The molecule has 0 aromatic carbocycles. The van der Waals surface area contributed by atoms with Gasteiger partial charge in [0.2, 0.25) is 41.4 Å². The summed E-state index contributed by atoms with van der Waals surface area (Å²) in [5, 5.41) is 38.3. The van der Waals surface area contributed by atoms with Crippen molar-refractivity contribution in [3.63, 3.8) is 0 Å². The highest BCUT2D eigenvalue weighted by Crippen LogP contribution is 2.11. The summed E-state index contributed by atoms with van der Waals surface area (Å²) >= 11 is 0. The Morgan fingerprint density at radius 3 is 1.57 bits per heavy atom.